The van der Waals surface area contributed by atoms with E-state index in [9.17, 15) is 0 Å². The van der Waals surface area contributed by atoms with Crippen molar-refractivity contribution in [2.24, 2.45) is 0 Å². The molecule has 0 saturated heterocycles. The smallest absolute Gasteiger partial charge is 0.0955 e. The number of hydrogen-bond acceptors (Lipinski definition) is 1. The van der Waals surface area contributed by atoms with E-state index in [-0.39, 0.29) is 0 Å². The highest BCUT2D eigenvalue weighted by Crippen LogP contribution is 2.40. The van der Waals surface area contributed by atoms with Gasteiger partial charge in [-0.1, -0.05) is 121 Å². The first-order valence-electron chi connectivity index (χ1n) is 11.0. The van der Waals surface area contributed by atoms with Crippen molar-refractivity contribution >= 4 is 0 Å². The molecule has 1 nitrogen and oxygen atoms in total. The van der Waals surface area contributed by atoms with Crippen molar-refractivity contribution in [1.29, 1.82) is 0 Å². The standard InChI is InChI=1S/C30H30O/c1-29(27-19-11-5-12-20-27,23-25-15-7-3-8-16-25)31-30(2,28-21-13-6-14-22-28)24-26-17-9-4-10-18-26/h3-22H,23-24H2,1-2H3. The van der Waals surface area contributed by atoms with Gasteiger partial charge in [-0.2, -0.15) is 0 Å². The minimum absolute atomic E-state index is 0.484. The molecule has 4 aromatic rings. The van der Waals surface area contributed by atoms with Crippen molar-refractivity contribution in [3.63, 3.8) is 0 Å². The van der Waals surface area contributed by atoms with Crippen LogP contribution in [-0.4, -0.2) is 0 Å². The fraction of sp³-hybridized carbons (Fsp3) is 0.200. The van der Waals surface area contributed by atoms with Crippen LogP contribution < -0.4 is 0 Å². The first-order chi connectivity index (χ1) is 15.1. The fourth-order valence-corrected chi connectivity index (χ4v) is 4.44. The Morgan fingerprint density at radius 3 is 1.06 bits per heavy atom. The molecule has 31 heavy (non-hydrogen) atoms. The van der Waals surface area contributed by atoms with Gasteiger partial charge in [-0.15, -0.1) is 0 Å². The zero-order valence-corrected chi connectivity index (χ0v) is 18.4. The van der Waals surface area contributed by atoms with Crippen LogP contribution in [0.3, 0.4) is 0 Å². The Morgan fingerprint density at radius 2 is 0.742 bits per heavy atom. The Balaban J connectivity index is 1.77. The first-order valence-corrected chi connectivity index (χ1v) is 11.0. The van der Waals surface area contributed by atoms with Gasteiger partial charge in [0.1, 0.15) is 0 Å². The van der Waals surface area contributed by atoms with Crippen LogP contribution in [0.5, 0.6) is 0 Å². The summed E-state index contributed by atoms with van der Waals surface area (Å²) in [6.45, 7) is 4.45. The molecule has 0 radical (unpaired) electrons. The molecule has 156 valence electrons. The molecule has 2 atom stereocenters. The number of rotatable bonds is 8. The molecule has 0 amide bonds. The molecule has 0 aliphatic heterocycles. The van der Waals surface area contributed by atoms with Crippen LogP contribution in [0.4, 0.5) is 0 Å². The topological polar surface area (TPSA) is 9.23 Å². The maximum absolute atomic E-state index is 7.21. The molecule has 0 heterocycles. The predicted molar refractivity (Wildman–Crippen MR) is 129 cm³/mol. The van der Waals surface area contributed by atoms with E-state index >= 15 is 0 Å². The average Bonchev–Trinajstić information content (AvgIpc) is 2.81. The van der Waals surface area contributed by atoms with Crippen molar-refractivity contribution in [2.45, 2.75) is 37.9 Å². The normalized spacial score (nSPS) is 15.0. The summed E-state index contributed by atoms with van der Waals surface area (Å²) in [6, 6.07) is 42.5. The summed E-state index contributed by atoms with van der Waals surface area (Å²) in [4.78, 5) is 0. The summed E-state index contributed by atoms with van der Waals surface area (Å²) in [5.41, 5.74) is 3.94. The van der Waals surface area contributed by atoms with E-state index in [1.807, 2.05) is 0 Å². The van der Waals surface area contributed by atoms with Crippen LogP contribution >= 0.6 is 0 Å². The van der Waals surface area contributed by atoms with Crippen molar-refractivity contribution in [1.82, 2.24) is 0 Å². The lowest BCUT2D eigenvalue weighted by Crippen LogP contribution is -2.40. The number of ether oxygens (including phenoxy) is 1. The van der Waals surface area contributed by atoms with Gasteiger partial charge in [0.15, 0.2) is 0 Å². The van der Waals surface area contributed by atoms with Crippen LogP contribution in [0, 0.1) is 0 Å². The van der Waals surface area contributed by atoms with E-state index < -0.39 is 11.2 Å². The van der Waals surface area contributed by atoms with Gasteiger partial charge in [0.2, 0.25) is 0 Å². The predicted octanol–water partition coefficient (Wildman–Crippen LogP) is 7.32. The van der Waals surface area contributed by atoms with Crippen molar-refractivity contribution in [3.8, 4) is 0 Å². The third kappa shape index (κ3) is 5.13. The molecule has 0 aromatic heterocycles. The van der Waals surface area contributed by atoms with Gasteiger partial charge in [0.25, 0.3) is 0 Å². The molecule has 0 fully saturated rings. The van der Waals surface area contributed by atoms with Crippen LogP contribution in [0.25, 0.3) is 0 Å². The number of hydrogen-bond donors (Lipinski definition) is 0. The highest BCUT2D eigenvalue weighted by Gasteiger charge is 2.38. The lowest BCUT2D eigenvalue weighted by atomic mass is 9.84. The maximum atomic E-state index is 7.21. The summed E-state index contributed by atoms with van der Waals surface area (Å²) in [6.07, 6.45) is 1.60. The zero-order valence-electron chi connectivity index (χ0n) is 18.4. The highest BCUT2D eigenvalue weighted by atomic mass is 16.5. The third-order valence-electron chi connectivity index (χ3n) is 5.99. The van der Waals surface area contributed by atoms with E-state index in [1.165, 1.54) is 22.3 Å². The molecule has 0 aliphatic carbocycles. The molecule has 0 aliphatic rings. The molecule has 4 rings (SSSR count). The quantitative estimate of drug-likeness (QED) is 0.298. The largest absolute Gasteiger partial charge is 0.359 e. The second kappa shape index (κ2) is 9.32. The van der Waals surface area contributed by atoms with E-state index in [4.69, 9.17) is 4.74 Å². The van der Waals surface area contributed by atoms with Crippen LogP contribution in [0.2, 0.25) is 0 Å². The zero-order chi connectivity index (χ0) is 21.6. The van der Waals surface area contributed by atoms with Gasteiger partial charge in [-0.25, -0.2) is 0 Å². The lowest BCUT2D eigenvalue weighted by Gasteiger charge is -2.42. The molecular formula is C30H30O. The van der Waals surface area contributed by atoms with Crippen LogP contribution in [0.1, 0.15) is 36.1 Å². The van der Waals surface area contributed by atoms with E-state index in [0.29, 0.717) is 0 Å². The fourth-order valence-electron chi connectivity index (χ4n) is 4.44. The Hall–Kier alpha value is -3.16. The Labute approximate surface area is 186 Å². The molecule has 2 unspecified atom stereocenters. The molecule has 4 aromatic carbocycles. The molecule has 0 N–H and O–H groups in total. The first kappa shape index (κ1) is 21.1. The summed E-state index contributed by atoms with van der Waals surface area (Å²) in [5.74, 6) is 0. The minimum Gasteiger partial charge on any atom is -0.359 e. The Morgan fingerprint density at radius 1 is 0.452 bits per heavy atom. The lowest BCUT2D eigenvalue weighted by molar-refractivity contribution is -0.151. The van der Waals surface area contributed by atoms with Crippen molar-refractivity contribution in [2.75, 3.05) is 0 Å². The second-order valence-corrected chi connectivity index (χ2v) is 8.62. The molecule has 0 bridgehead atoms. The van der Waals surface area contributed by atoms with Crippen molar-refractivity contribution < 1.29 is 4.74 Å². The summed E-state index contributed by atoms with van der Waals surface area (Å²) >= 11 is 0. The van der Waals surface area contributed by atoms with Gasteiger partial charge in [-0.3, -0.25) is 0 Å². The highest BCUT2D eigenvalue weighted by molar-refractivity contribution is 5.30. The monoisotopic (exact) mass is 406 g/mol. The van der Waals surface area contributed by atoms with Gasteiger partial charge in [-0.05, 0) is 36.1 Å². The van der Waals surface area contributed by atoms with Crippen LogP contribution in [0.15, 0.2) is 121 Å². The van der Waals surface area contributed by atoms with E-state index in [1.54, 1.807) is 0 Å². The van der Waals surface area contributed by atoms with E-state index in [2.05, 4.69) is 135 Å². The van der Waals surface area contributed by atoms with Crippen LogP contribution in [-0.2, 0) is 28.8 Å². The van der Waals surface area contributed by atoms with Crippen molar-refractivity contribution in [3.05, 3.63) is 144 Å². The summed E-state index contributed by atoms with van der Waals surface area (Å²) in [7, 11) is 0. The van der Waals surface area contributed by atoms with E-state index in [0.717, 1.165) is 12.8 Å². The second-order valence-electron chi connectivity index (χ2n) is 8.62. The SMILES string of the molecule is CC(Cc1ccccc1)(OC(C)(Cc1ccccc1)c1ccccc1)c1ccccc1. The average molecular weight is 407 g/mol. The van der Waals surface area contributed by atoms with Gasteiger partial charge >= 0.3 is 0 Å². The maximum Gasteiger partial charge on any atom is 0.0955 e. The van der Waals surface area contributed by atoms with Gasteiger partial charge < -0.3 is 4.74 Å². The molecule has 0 saturated carbocycles. The molecule has 0 spiro atoms. The van der Waals surface area contributed by atoms with Gasteiger partial charge in [0.05, 0.1) is 11.2 Å². The minimum atomic E-state index is -0.484. The molecule has 1 heteroatoms. The Bertz CT molecular complexity index is 971. The van der Waals surface area contributed by atoms with Gasteiger partial charge in [0, 0.05) is 12.8 Å². The third-order valence-corrected chi connectivity index (χ3v) is 5.99. The summed E-state index contributed by atoms with van der Waals surface area (Å²) < 4.78 is 7.21. The summed E-state index contributed by atoms with van der Waals surface area (Å²) in [5, 5.41) is 0. The molecular weight excluding hydrogens is 376 g/mol. The Kier molecular flexibility index (Phi) is 6.34. The number of benzene rings is 4.